The van der Waals surface area contributed by atoms with Gasteiger partial charge in [-0.3, -0.25) is 0 Å². The monoisotopic (exact) mass is 157 g/mol. The maximum Gasteiger partial charge on any atom is 0.0795 e. The molecule has 66 valence electrons. The summed E-state index contributed by atoms with van der Waals surface area (Å²) in [5, 5.41) is 9.94. The minimum atomic E-state index is -0.700. The van der Waals surface area contributed by atoms with E-state index in [1.165, 1.54) is 12.8 Å². The zero-order chi connectivity index (χ0) is 8.70. The van der Waals surface area contributed by atoms with Gasteiger partial charge in [-0.15, -0.1) is 0 Å². The van der Waals surface area contributed by atoms with Crippen LogP contribution in [-0.2, 0) is 0 Å². The molecule has 0 aromatic heterocycles. The second-order valence-electron chi connectivity index (χ2n) is 4.18. The molecule has 1 fully saturated rings. The SMILES string of the molecule is CCC(C)(O)C(C)(N)C1CC1. The van der Waals surface area contributed by atoms with Crippen LogP contribution in [0, 0.1) is 5.92 Å². The van der Waals surface area contributed by atoms with Crippen LogP contribution in [0.25, 0.3) is 0 Å². The van der Waals surface area contributed by atoms with Gasteiger partial charge in [-0.05, 0) is 39.0 Å². The van der Waals surface area contributed by atoms with Gasteiger partial charge < -0.3 is 10.8 Å². The normalized spacial score (nSPS) is 29.2. The largest absolute Gasteiger partial charge is 0.388 e. The molecule has 1 saturated carbocycles. The van der Waals surface area contributed by atoms with Crippen molar-refractivity contribution in [1.82, 2.24) is 0 Å². The van der Waals surface area contributed by atoms with Crippen molar-refractivity contribution >= 4 is 0 Å². The van der Waals surface area contributed by atoms with Gasteiger partial charge in [0, 0.05) is 5.54 Å². The molecular formula is C9H19NO. The number of hydrogen-bond donors (Lipinski definition) is 2. The van der Waals surface area contributed by atoms with Crippen LogP contribution in [-0.4, -0.2) is 16.2 Å². The molecule has 0 radical (unpaired) electrons. The third kappa shape index (κ3) is 1.42. The summed E-state index contributed by atoms with van der Waals surface area (Å²) in [4.78, 5) is 0. The van der Waals surface area contributed by atoms with Crippen LogP contribution < -0.4 is 5.73 Å². The molecule has 1 aliphatic carbocycles. The first kappa shape index (κ1) is 9.01. The van der Waals surface area contributed by atoms with E-state index >= 15 is 0 Å². The van der Waals surface area contributed by atoms with Crippen LogP contribution in [0.15, 0.2) is 0 Å². The summed E-state index contributed by atoms with van der Waals surface area (Å²) < 4.78 is 0. The van der Waals surface area contributed by atoms with Gasteiger partial charge in [0.15, 0.2) is 0 Å². The Balaban J connectivity index is 2.68. The van der Waals surface area contributed by atoms with Gasteiger partial charge in [0.05, 0.1) is 5.60 Å². The fraction of sp³-hybridized carbons (Fsp3) is 1.00. The minimum Gasteiger partial charge on any atom is -0.388 e. The van der Waals surface area contributed by atoms with E-state index in [9.17, 15) is 5.11 Å². The Hall–Kier alpha value is -0.0800. The lowest BCUT2D eigenvalue weighted by molar-refractivity contribution is -0.0249. The minimum absolute atomic E-state index is 0.387. The number of nitrogens with two attached hydrogens (primary N) is 1. The second-order valence-corrected chi connectivity index (χ2v) is 4.18. The molecule has 1 aliphatic rings. The van der Waals surface area contributed by atoms with Crippen molar-refractivity contribution in [2.45, 2.75) is 51.2 Å². The smallest absolute Gasteiger partial charge is 0.0795 e. The average molecular weight is 157 g/mol. The Morgan fingerprint density at radius 2 is 1.91 bits per heavy atom. The lowest BCUT2D eigenvalue weighted by Gasteiger charge is -2.39. The van der Waals surface area contributed by atoms with E-state index < -0.39 is 5.60 Å². The number of aliphatic hydroxyl groups is 1. The molecule has 2 nitrogen and oxygen atoms in total. The summed E-state index contributed by atoms with van der Waals surface area (Å²) in [7, 11) is 0. The Morgan fingerprint density at radius 3 is 2.18 bits per heavy atom. The summed E-state index contributed by atoms with van der Waals surface area (Å²) in [5.74, 6) is 0.539. The summed E-state index contributed by atoms with van der Waals surface area (Å²) in [6, 6.07) is 0. The average Bonchev–Trinajstić information content (AvgIpc) is 2.68. The van der Waals surface area contributed by atoms with Crippen molar-refractivity contribution in [1.29, 1.82) is 0 Å². The third-order valence-corrected chi connectivity index (χ3v) is 3.27. The summed E-state index contributed by atoms with van der Waals surface area (Å²) in [5.41, 5.74) is 4.97. The van der Waals surface area contributed by atoms with Crippen molar-refractivity contribution in [3.63, 3.8) is 0 Å². The van der Waals surface area contributed by atoms with Crippen molar-refractivity contribution < 1.29 is 5.11 Å². The summed E-state index contributed by atoms with van der Waals surface area (Å²) >= 11 is 0. The van der Waals surface area contributed by atoms with Gasteiger partial charge in [0.2, 0.25) is 0 Å². The zero-order valence-corrected chi connectivity index (χ0v) is 7.72. The van der Waals surface area contributed by atoms with E-state index in [4.69, 9.17) is 5.73 Å². The number of rotatable bonds is 3. The van der Waals surface area contributed by atoms with E-state index in [1.807, 2.05) is 20.8 Å². The van der Waals surface area contributed by atoms with Crippen LogP contribution in [0.1, 0.15) is 40.0 Å². The topological polar surface area (TPSA) is 46.2 Å². The second kappa shape index (κ2) is 2.46. The first-order chi connectivity index (χ1) is 4.92. The van der Waals surface area contributed by atoms with Gasteiger partial charge in [-0.1, -0.05) is 6.92 Å². The lowest BCUT2D eigenvalue weighted by atomic mass is 9.78. The fourth-order valence-corrected chi connectivity index (χ4v) is 1.50. The van der Waals surface area contributed by atoms with Crippen molar-refractivity contribution in [3.8, 4) is 0 Å². The van der Waals surface area contributed by atoms with Gasteiger partial charge in [-0.2, -0.15) is 0 Å². The third-order valence-electron chi connectivity index (χ3n) is 3.27. The molecule has 0 aromatic carbocycles. The molecule has 0 heterocycles. The maximum absolute atomic E-state index is 9.94. The van der Waals surface area contributed by atoms with Crippen molar-refractivity contribution in [2.24, 2.45) is 11.7 Å². The molecule has 0 bridgehead atoms. The van der Waals surface area contributed by atoms with E-state index in [0.29, 0.717) is 5.92 Å². The lowest BCUT2D eigenvalue weighted by Crippen LogP contribution is -2.58. The van der Waals surface area contributed by atoms with Gasteiger partial charge in [0.1, 0.15) is 0 Å². The van der Waals surface area contributed by atoms with E-state index in [0.717, 1.165) is 6.42 Å². The quantitative estimate of drug-likeness (QED) is 0.648. The highest BCUT2D eigenvalue weighted by atomic mass is 16.3. The highest BCUT2D eigenvalue weighted by Crippen LogP contribution is 2.44. The molecule has 3 N–H and O–H groups in total. The fourth-order valence-electron chi connectivity index (χ4n) is 1.50. The summed E-state index contributed by atoms with van der Waals surface area (Å²) in [6.07, 6.45) is 3.10. The highest BCUT2D eigenvalue weighted by Gasteiger charge is 2.49. The van der Waals surface area contributed by atoms with E-state index in [2.05, 4.69) is 0 Å². The van der Waals surface area contributed by atoms with Gasteiger partial charge >= 0.3 is 0 Å². The van der Waals surface area contributed by atoms with Crippen LogP contribution in [0.2, 0.25) is 0 Å². The maximum atomic E-state index is 9.94. The molecule has 11 heavy (non-hydrogen) atoms. The van der Waals surface area contributed by atoms with E-state index in [-0.39, 0.29) is 5.54 Å². The Kier molecular flexibility index (Phi) is 2.01. The van der Waals surface area contributed by atoms with Crippen molar-refractivity contribution in [3.05, 3.63) is 0 Å². The predicted molar refractivity (Wildman–Crippen MR) is 46.2 cm³/mol. The van der Waals surface area contributed by atoms with Gasteiger partial charge in [0.25, 0.3) is 0 Å². The molecule has 0 saturated heterocycles. The molecule has 0 aliphatic heterocycles. The molecule has 1 rings (SSSR count). The summed E-state index contributed by atoms with van der Waals surface area (Å²) in [6.45, 7) is 5.78. The standard InChI is InChI=1S/C9H19NO/c1-4-8(2,11)9(3,10)7-5-6-7/h7,11H,4-6,10H2,1-3H3. The molecule has 0 amide bonds. The van der Waals surface area contributed by atoms with Crippen LogP contribution in [0.4, 0.5) is 0 Å². The van der Waals surface area contributed by atoms with Gasteiger partial charge in [-0.25, -0.2) is 0 Å². The molecule has 2 unspecified atom stereocenters. The molecule has 0 spiro atoms. The molecule has 2 heteroatoms. The number of hydrogen-bond acceptors (Lipinski definition) is 2. The van der Waals surface area contributed by atoms with Crippen LogP contribution in [0.5, 0.6) is 0 Å². The van der Waals surface area contributed by atoms with Crippen LogP contribution in [0.3, 0.4) is 0 Å². The first-order valence-electron chi connectivity index (χ1n) is 4.43. The van der Waals surface area contributed by atoms with E-state index in [1.54, 1.807) is 0 Å². The van der Waals surface area contributed by atoms with Crippen molar-refractivity contribution in [2.75, 3.05) is 0 Å². The highest BCUT2D eigenvalue weighted by molar-refractivity contribution is 5.06. The first-order valence-corrected chi connectivity index (χ1v) is 4.43. The molecule has 2 atom stereocenters. The molecular weight excluding hydrogens is 138 g/mol. The van der Waals surface area contributed by atoms with Crippen LogP contribution >= 0.6 is 0 Å². The Bertz CT molecular complexity index is 148. The Labute approximate surface area is 68.8 Å². The zero-order valence-electron chi connectivity index (χ0n) is 7.72. The molecule has 0 aromatic rings. The Morgan fingerprint density at radius 1 is 1.45 bits per heavy atom. The predicted octanol–water partition coefficient (Wildman–Crippen LogP) is 1.27.